The van der Waals surface area contributed by atoms with Gasteiger partial charge in [-0.15, -0.1) is 0 Å². The number of allylic oxidation sites excluding steroid dienone is 1. The van der Waals surface area contributed by atoms with Gasteiger partial charge in [0.05, 0.1) is 12.2 Å². The first kappa shape index (κ1) is 15.4. The molecule has 0 aromatic carbocycles. The Morgan fingerprint density at radius 2 is 1.59 bits per heavy atom. The average Bonchev–Trinajstić information content (AvgIpc) is 2.26. The number of esters is 2. The van der Waals surface area contributed by atoms with Crippen molar-refractivity contribution in [1.29, 1.82) is 0 Å². The first-order chi connectivity index (χ1) is 7.83. The molecule has 0 aromatic rings. The van der Waals surface area contributed by atoms with Crippen molar-refractivity contribution in [2.75, 3.05) is 0 Å². The number of carbonyl (C=O) groups excluding carboxylic acids is 2. The molecule has 0 saturated heterocycles. The summed E-state index contributed by atoms with van der Waals surface area (Å²) >= 11 is 0. The van der Waals surface area contributed by atoms with Crippen molar-refractivity contribution in [2.45, 2.75) is 46.0 Å². The van der Waals surface area contributed by atoms with Crippen LogP contribution in [0, 0.1) is 0 Å². The van der Waals surface area contributed by atoms with Gasteiger partial charge in [0.2, 0.25) is 0 Å². The van der Waals surface area contributed by atoms with Crippen LogP contribution in [0.2, 0.25) is 0 Å². The van der Waals surface area contributed by atoms with Gasteiger partial charge in [-0.1, -0.05) is 13.8 Å². The van der Waals surface area contributed by atoms with Crippen molar-refractivity contribution in [3.8, 4) is 0 Å². The molecule has 0 radical (unpaired) electrons. The maximum atomic E-state index is 11.1. The molecule has 0 aromatic heterocycles. The fourth-order valence-electron chi connectivity index (χ4n) is 0.881. The van der Waals surface area contributed by atoms with E-state index in [4.69, 9.17) is 5.11 Å². The maximum absolute atomic E-state index is 11.1. The Hall–Kier alpha value is -1.56. The number of rotatable bonds is 6. The number of aliphatic hydroxyl groups excluding tert-OH is 1. The summed E-state index contributed by atoms with van der Waals surface area (Å²) in [5.41, 5.74) is 0. The number of carbonyl (C=O) groups is 2. The molecule has 0 aliphatic carbocycles. The summed E-state index contributed by atoms with van der Waals surface area (Å²) in [6, 6.07) is 0. The van der Waals surface area contributed by atoms with Crippen LogP contribution in [0.5, 0.6) is 0 Å². The molecule has 6 heteroatoms. The lowest BCUT2D eigenvalue weighted by atomic mass is 10.3. The van der Waals surface area contributed by atoms with E-state index < -0.39 is 17.9 Å². The third-order valence-corrected chi connectivity index (χ3v) is 1.78. The lowest BCUT2D eigenvalue weighted by Crippen LogP contribution is -2.39. The van der Waals surface area contributed by atoms with Gasteiger partial charge >= 0.3 is 17.9 Å². The smallest absolute Gasteiger partial charge is 0.377 e. The van der Waals surface area contributed by atoms with E-state index in [1.807, 2.05) is 0 Å². The van der Waals surface area contributed by atoms with Crippen LogP contribution in [-0.4, -0.2) is 28.1 Å². The summed E-state index contributed by atoms with van der Waals surface area (Å²) in [5.74, 6) is -3.85. The molecular weight excluding hydrogens is 228 g/mol. The largest absolute Gasteiger partial charge is 0.513 e. The number of hydrogen-bond acceptors (Lipinski definition) is 6. The Morgan fingerprint density at radius 3 is 1.88 bits per heavy atom. The predicted octanol–water partition coefficient (Wildman–Crippen LogP) is 1.39. The van der Waals surface area contributed by atoms with Crippen molar-refractivity contribution in [2.24, 2.45) is 0 Å². The molecule has 0 spiro atoms. The third kappa shape index (κ3) is 6.57. The minimum absolute atomic E-state index is 0.0355. The summed E-state index contributed by atoms with van der Waals surface area (Å²) < 4.78 is 9.26. The monoisotopic (exact) mass is 246 g/mol. The maximum Gasteiger partial charge on any atom is 0.377 e. The molecule has 0 amide bonds. The molecule has 98 valence electrons. The molecule has 0 atom stereocenters. The highest BCUT2D eigenvalue weighted by molar-refractivity contribution is 5.71. The molecule has 6 nitrogen and oxygen atoms in total. The Kier molecular flexibility index (Phi) is 6.27. The van der Waals surface area contributed by atoms with E-state index >= 15 is 0 Å². The topological polar surface area (TPSA) is 93.1 Å². The molecule has 0 saturated carbocycles. The minimum atomic E-state index is -2.36. The average molecular weight is 246 g/mol. The van der Waals surface area contributed by atoms with E-state index in [0.717, 1.165) is 0 Å². The van der Waals surface area contributed by atoms with E-state index in [1.54, 1.807) is 0 Å². The normalized spacial score (nSPS) is 12.1. The Bertz CT molecular complexity index is 285. The van der Waals surface area contributed by atoms with E-state index in [1.165, 1.54) is 26.8 Å². The van der Waals surface area contributed by atoms with Crippen molar-refractivity contribution < 1.29 is 29.3 Å². The van der Waals surface area contributed by atoms with Crippen LogP contribution in [0.25, 0.3) is 0 Å². The second-order valence-corrected chi connectivity index (χ2v) is 3.42. The van der Waals surface area contributed by atoms with Crippen LogP contribution in [0.3, 0.4) is 0 Å². The van der Waals surface area contributed by atoms with Gasteiger partial charge in [-0.25, -0.2) is 0 Å². The van der Waals surface area contributed by atoms with Gasteiger partial charge in [-0.2, -0.15) is 0 Å². The fourth-order valence-corrected chi connectivity index (χ4v) is 0.881. The zero-order chi connectivity index (χ0) is 13.5. The van der Waals surface area contributed by atoms with Crippen LogP contribution in [0.4, 0.5) is 0 Å². The summed E-state index contributed by atoms with van der Waals surface area (Å²) in [6.07, 6.45) is 0.931. The molecule has 0 unspecified atom stereocenters. The van der Waals surface area contributed by atoms with Crippen molar-refractivity contribution in [1.82, 2.24) is 0 Å². The number of ether oxygens (including phenoxy) is 2. The summed E-state index contributed by atoms with van der Waals surface area (Å²) in [6.45, 7) is 4.46. The Balaban J connectivity index is 4.73. The molecular formula is C11H18O6. The first-order valence-electron chi connectivity index (χ1n) is 5.34. The second-order valence-electron chi connectivity index (χ2n) is 3.42. The highest BCUT2D eigenvalue weighted by Gasteiger charge is 2.34. The van der Waals surface area contributed by atoms with Crippen LogP contribution in [0.15, 0.2) is 11.8 Å². The zero-order valence-electron chi connectivity index (χ0n) is 10.2. The van der Waals surface area contributed by atoms with Gasteiger partial charge < -0.3 is 19.7 Å². The Morgan fingerprint density at radius 1 is 1.18 bits per heavy atom. The number of hydrogen-bond donors (Lipinski definition) is 2. The predicted molar refractivity (Wildman–Crippen MR) is 58.7 cm³/mol. The van der Waals surface area contributed by atoms with Gasteiger partial charge in [0.15, 0.2) is 0 Å². The summed E-state index contributed by atoms with van der Waals surface area (Å²) in [5, 5.41) is 18.8. The quantitative estimate of drug-likeness (QED) is 0.418. The van der Waals surface area contributed by atoms with Gasteiger partial charge in [-0.05, 0) is 13.0 Å². The summed E-state index contributed by atoms with van der Waals surface area (Å²) in [7, 11) is 0. The lowest BCUT2D eigenvalue weighted by Gasteiger charge is -2.25. The van der Waals surface area contributed by atoms with Crippen molar-refractivity contribution in [3.05, 3.63) is 11.8 Å². The van der Waals surface area contributed by atoms with E-state index in [9.17, 15) is 14.7 Å². The molecule has 2 N–H and O–H groups in total. The fraction of sp³-hybridized carbons (Fsp3) is 0.636. The van der Waals surface area contributed by atoms with Crippen LogP contribution >= 0.6 is 0 Å². The number of aliphatic hydroxyl groups is 2. The van der Waals surface area contributed by atoms with E-state index in [-0.39, 0.29) is 25.0 Å². The van der Waals surface area contributed by atoms with Gasteiger partial charge in [0, 0.05) is 12.8 Å². The molecule has 0 heterocycles. The Labute approximate surface area is 99.8 Å². The molecule has 0 aliphatic heterocycles. The molecule has 0 rings (SSSR count). The van der Waals surface area contributed by atoms with Crippen LogP contribution < -0.4 is 0 Å². The molecule has 0 fully saturated rings. The minimum Gasteiger partial charge on any atom is -0.513 e. The van der Waals surface area contributed by atoms with Gasteiger partial charge in [0.25, 0.3) is 0 Å². The SMILES string of the molecule is CCC(=O)OC(O)(C/C=C(\C)O)OC(=O)CC. The second kappa shape index (κ2) is 6.90. The molecule has 0 aliphatic rings. The molecule has 17 heavy (non-hydrogen) atoms. The van der Waals surface area contributed by atoms with Gasteiger partial charge in [-0.3, -0.25) is 9.59 Å². The van der Waals surface area contributed by atoms with Gasteiger partial charge in [0.1, 0.15) is 0 Å². The third-order valence-electron chi connectivity index (χ3n) is 1.78. The standard InChI is InChI=1S/C11H18O6/c1-4-9(13)16-11(15,7-6-8(3)12)17-10(14)5-2/h6,12,15H,4-5,7H2,1-3H3/b8-6+. The summed E-state index contributed by atoms with van der Waals surface area (Å²) in [4.78, 5) is 22.2. The van der Waals surface area contributed by atoms with Crippen LogP contribution in [-0.2, 0) is 19.1 Å². The van der Waals surface area contributed by atoms with Crippen molar-refractivity contribution >= 4 is 11.9 Å². The first-order valence-corrected chi connectivity index (χ1v) is 5.34. The van der Waals surface area contributed by atoms with E-state index in [0.29, 0.717) is 0 Å². The lowest BCUT2D eigenvalue weighted by molar-refractivity contribution is -0.322. The molecule has 0 bridgehead atoms. The highest BCUT2D eigenvalue weighted by atomic mass is 16.8. The van der Waals surface area contributed by atoms with Crippen molar-refractivity contribution in [3.63, 3.8) is 0 Å². The van der Waals surface area contributed by atoms with E-state index in [2.05, 4.69) is 9.47 Å². The zero-order valence-corrected chi connectivity index (χ0v) is 10.2. The van der Waals surface area contributed by atoms with Crippen LogP contribution in [0.1, 0.15) is 40.0 Å². The highest BCUT2D eigenvalue weighted by Crippen LogP contribution is 2.18.